The molecule has 5 heteroatoms. The smallest absolute Gasteiger partial charge is 0.237 e. The van der Waals surface area contributed by atoms with E-state index < -0.39 is 10.8 Å². The summed E-state index contributed by atoms with van der Waals surface area (Å²) in [5, 5.41) is 2.78. The molecule has 21 heavy (non-hydrogen) atoms. The number of aryl methyl sites for hydroxylation is 2. The third-order valence-electron chi connectivity index (χ3n) is 3.19. The average Bonchev–Trinajstić information content (AvgIpc) is 2.44. The van der Waals surface area contributed by atoms with Crippen LogP contribution >= 0.6 is 0 Å². The molecule has 0 aliphatic heterocycles. The molecule has 0 fully saturated rings. The minimum atomic E-state index is -1.38. The molecule has 4 nitrogen and oxygen atoms in total. The van der Waals surface area contributed by atoms with Crippen molar-refractivity contribution in [3.05, 3.63) is 53.6 Å². The molecule has 0 heterocycles. The Morgan fingerprint density at radius 1 is 1.14 bits per heavy atom. The van der Waals surface area contributed by atoms with Gasteiger partial charge >= 0.3 is 0 Å². The van der Waals surface area contributed by atoms with E-state index in [2.05, 4.69) is 5.32 Å². The van der Waals surface area contributed by atoms with Crippen LogP contribution in [-0.2, 0) is 15.6 Å². The molecule has 0 aliphatic rings. The van der Waals surface area contributed by atoms with E-state index in [0.717, 1.165) is 16.8 Å². The van der Waals surface area contributed by atoms with Crippen LogP contribution in [-0.4, -0.2) is 15.9 Å². The Bertz CT molecular complexity index is 698. The first kappa shape index (κ1) is 15.3. The fraction of sp³-hybridized carbons (Fsp3) is 0.188. The number of hydrogen-bond acceptors (Lipinski definition) is 3. The van der Waals surface area contributed by atoms with Crippen LogP contribution in [0.4, 0.5) is 11.4 Å². The van der Waals surface area contributed by atoms with Gasteiger partial charge in [0.05, 0.1) is 10.8 Å². The molecular weight excluding hydrogens is 284 g/mol. The van der Waals surface area contributed by atoms with Gasteiger partial charge in [-0.1, -0.05) is 18.2 Å². The van der Waals surface area contributed by atoms with Crippen molar-refractivity contribution in [1.82, 2.24) is 0 Å². The lowest BCUT2D eigenvalue weighted by molar-refractivity contribution is -0.113. The summed E-state index contributed by atoms with van der Waals surface area (Å²) in [4.78, 5) is 12.6. The quantitative estimate of drug-likeness (QED) is 0.853. The Hall–Kier alpha value is -2.14. The van der Waals surface area contributed by atoms with E-state index in [9.17, 15) is 9.00 Å². The molecule has 0 saturated carbocycles. The van der Waals surface area contributed by atoms with E-state index in [1.165, 1.54) is 0 Å². The number of hydrogen-bond donors (Lipinski definition) is 2. The number of para-hydroxylation sites is 1. The van der Waals surface area contributed by atoms with Gasteiger partial charge in [0, 0.05) is 16.3 Å². The van der Waals surface area contributed by atoms with Crippen LogP contribution in [0, 0.1) is 13.8 Å². The lowest BCUT2D eigenvalue weighted by atomic mass is 10.2. The third-order valence-corrected chi connectivity index (χ3v) is 4.49. The molecule has 0 aliphatic carbocycles. The highest BCUT2D eigenvalue weighted by atomic mass is 32.2. The maximum absolute atomic E-state index is 12.2. The molecule has 1 unspecified atom stereocenters. The second kappa shape index (κ2) is 6.54. The van der Waals surface area contributed by atoms with Crippen LogP contribution in [0.5, 0.6) is 0 Å². The summed E-state index contributed by atoms with van der Waals surface area (Å²) in [6.07, 6.45) is 0. The van der Waals surface area contributed by atoms with Crippen molar-refractivity contribution in [2.45, 2.75) is 18.7 Å². The molecule has 0 radical (unpaired) electrons. The molecule has 3 N–H and O–H groups in total. The number of carbonyl (C=O) groups is 1. The summed E-state index contributed by atoms with van der Waals surface area (Å²) in [5.41, 5.74) is 8.96. The summed E-state index contributed by atoms with van der Waals surface area (Å²) in [7, 11) is -1.38. The number of nitrogens with one attached hydrogen (secondary N) is 1. The summed E-state index contributed by atoms with van der Waals surface area (Å²) >= 11 is 0. The predicted octanol–water partition coefficient (Wildman–Crippen LogP) is 2.63. The SMILES string of the molecule is Cc1cc(S(=O)CC(=O)Nc2ccccc2C)ccc1N. The zero-order valence-electron chi connectivity index (χ0n) is 12.1. The Morgan fingerprint density at radius 2 is 1.86 bits per heavy atom. The number of amides is 1. The van der Waals surface area contributed by atoms with Gasteiger partial charge in [-0.05, 0) is 49.2 Å². The number of anilines is 2. The van der Waals surface area contributed by atoms with Crippen molar-refractivity contribution >= 4 is 28.1 Å². The van der Waals surface area contributed by atoms with Gasteiger partial charge in [0.1, 0.15) is 5.75 Å². The van der Waals surface area contributed by atoms with Crippen LogP contribution in [0.1, 0.15) is 11.1 Å². The number of carbonyl (C=O) groups excluding carboxylic acids is 1. The second-order valence-corrected chi connectivity index (χ2v) is 6.32. The molecule has 0 saturated heterocycles. The maximum Gasteiger partial charge on any atom is 0.237 e. The van der Waals surface area contributed by atoms with Crippen LogP contribution in [0.25, 0.3) is 0 Å². The lowest BCUT2D eigenvalue weighted by Crippen LogP contribution is -2.20. The molecule has 0 spiro atoms. The van der Waals surface area contributed by atoms with E-state index in [1.54, 1.807) is 18.2 Å². The van der Waals surface area contributed by atoms with Gasteiger partial charge in [-0.25, -0.2) is 0 Å². The Morgan fingerprint density at radius 3 is 2.52 bits per heavy atom. The first-order chi connectivity index (χ1) is 9.97. The third kappa shape index (κ3) is 3.92. The van der Waals surface area contributed by atoms with Gasteiger partial charge in [0.25, 0.3) is 0 Å². The fourth-order valence-corrected chi connectivity index (χ4v) is 2.90. The van der Waals surface area contributed by atoms with E-state index in [-0.39, 0.29) is 11.7 Å². The van der Waals surface area contributed by atoms with Gasteiger partial charge in [0.15, 0.2) is 0 Å². The number of rotatable bonds is 4. The molecule has 110 valence electrons. The highest BCUT2D eigenvalue weighted by Crippen LogP contribution is 2.17. The van der Waals surface area contributed by atoms with E-state index in [1.807, 2.05) is 38.1 Å². The molecule has 1 atom stereocenters. The average molecular weight is 302 g/mol. The fourth-order valence-electron chi connectivity index (χ4n) is 1.89. The molecule has 2 aromatic carbocycles. The highest BCUT2D eigenvalue weighted by molar-refractivity contribution is 7.85. The Kier molecular flexibility index (Phi) is 4.75. The zero-order chi connectivity index (χ0) is 15.4. The summed E-state index contributed by atoms with van der Waals surface area (Å²) in [6.45, 7) is 3.76. The maximum atomic E-state index is 12.2. The summed E-state index contributed by atoms with van der Waals surface area (Å²) in [5.74, 6) is -0.338. The minimum Gasteiger partial charge on any atom is -0.399 e. The van der Waals surface area contributed by atoms with E-state index in [4.69, 9.17) is 5.73 Å². The molecule has 0 bridgehead atoms. The topological polar surface area (TPSA) is 72.2 Å². The van der Waals surface area contributed by atoms with Crippen LogP contribution in [0.3, 0.4) is 0 Å². The largest absolute Gasteiger partial charge is 0.399 e. The number of benzene rings is 2. The number of nitrogen functional groups attached to an aromatic ring is 1. The van der Waals surface area contributed by atoms with Crippen molar-refractivity contribution in [3.8, 4) is 0 Å². The van der Waals surface area contributed by atoms with Crippen LogP contribution < -0.4 is 11.1 Å². The summed E-state index contributed by atoms with van der Waals surface area (Å²) < 4.78 is 12.2. The van der Waals surface area contributed by atoms with Gasteiger partial charge < -0.3 is 11.1 Å². The standard InChI is InChI=1S/C16H18N2O2S/c1-11-5-3-4-6-15(11)18-16(19)10-21(20)13-7-8-14(17)12(2)9-13/h3-9H,10,17H2,1-2H3,(H,18,19). The van der Waals surface area contributed by atoms with Crippen molar-refractivity contribution in [3.63, 3.8) is 0 Å². The second-order valence-electron chi connectivity index (χ2n) is 4.87. The first-order valence-electron chi connectivity index (χ1n) is 6.57. The van der Waals surface area contributed by atoms with Crippen molar-refractivity contribution in [2.24, 2.45) is 0 Å². The van der Waals surface area contributed by atoms with E-state index >= 15 is 0 Å². The van der Waals surface area contributed by atoms with Crippen molar-refractivity contribution in [2.75, 3.05) is 16.8 Å². The van der Waals surface area contributed by atoms with Crippen molar-refractivity contribution in [1.29, 1.82) is 0 Å². The monoisotopic (exact) mass is 302 g/mol. The highest BCUT2D eigenvalue weighted by Gasteiger charge is 2.12. The molecular formula is C16H18N2O2S. The normalized spacial score (nSPS) is 11.9. The molecule has 2 aromatic rings. The predicted molar refractivity (Wildman–Crippen MR) is 86.7 cm³/mol. The lowest BCUT2D eigenvalue weighted by Gasteiger charge is -2.08. The number of nitrogens with two attached hydrogens (primary N) is 1. The van der Waals surface area contributed by atoms with Gasteiger partial charge in [-0.15, -0.1) is 0 Å². The first-order valence-corrected chi connectivity index (χ1v) is 7.89. The van der Waals surface area contributed by atoms with Crippen molar-refractivity contribution < 1.29 is 9.00 Å². The molecule has 1 amide bonds. The molecule has 2 rings (SSSR count). The van der Waals surface area contributed by atoms with Crippen LogP contribution in [0.2, 0.25) is 0 Å². The van der Waals surface area contributed by atoms with Gasteiger partial charge in [-0.3, -0.25) is 9.00 Å². The summed E-state index contributed by atoms with van der Waals surface area (Å²) in [6, 6.07) is 12.6. The van der Waals surface area contributed by atoms with Gasteiger partial charge in [-0.2, -0.15) is 0 Å². The zero-order valence-corrected chi connectivity index (χ0v) is 12.9. The van der Waals surface area contributed by atoms with E-state index in [0.29, 0.717) is 10.6 Å². The van der Waals surface area contributed by atoms with Gasteiger partial charge in [0.2, 0.25) is 5.91 Å². The Balaban J connectivity index is 2.04. The molecule has 0 aromatic heterocycles. The minimum absolute atomic E-state index is 0.0717. The van der Waals surface area contributed by atoms with Crippen LogP contribution in [0.15, 0.2) is 47.4 Å². The Labute approximate surface area is 126 Å².